The molecule has 1 nitrogen and oxygen atoms in total. The zero-order valence-electron chi connectivity index (χ0n) is 34.4. The molecular formula is C54H53BO. The lowest BCUT2D eigenvalue weighted by Crippen LogP contribution is -2.57. The second kappa shape index (κ2) is 10.9. The highest BCUT2D eigenvalue weighted by molar-refractivity contribution is 6.97. The molecule has 0 amide bonds. The van der Waals surface area contributed by atoms with Crippen molar-refractivity contribution in [3.63, 3.8) is 0 Å². The lowest BCUT2D eigenvalue weighted by atomic mass is 9.34. The lowest BCUT2D eigenvalue weighted by molar-refractivity contribution is 0.306. The molecule has 0 N–H and O–H groups in total. The van der Waals surface area contributed by atoms with Gasteiger partial charge in [0.25, 0.3) is 6.71 Å². The predicted molar refractivity (Wildman–Crippen MR) is 235 cm³/mol. The Morgan fingerprint density at radius 1 is 0.804 bits per heavy atom. The molecule has 1 fully saturated rings. The van der Waals surface area contributed by atoms with Crippen molar-refractivity contribution in [1.82, 2.24) is 0 Å². The molecule has 8 aliphatic rings. The fraction of sp³-hybridized carbons (Fsp3) is 0.370. The van der Waals surface area contributed by atoms with Gasteiger partial charge in [-0.3, -0.25) is 0 Å². The van der Waals surface area contributed by atoms with Gasteiger partial charge in [0, 0.05) is 23.2 Å². The summed E-state index contributed by atoms with van der Waals surface area (Å²) in [6.07, 6.45) is 18.4. The highest BCUT2D eigenvalue weighted by atomic mass is 16.5. The van der Waals surface area contributed by atoms with Crippen LogP contribution in [0.5, 0.6) is 11.5 Å². The van der Waals surface area contributed by atoms with Crippen molar-refractivity contribution in [3.05, 3.63) is 159 Å². The Kier molecular flexibility index (Phi) is 6.53. The largest absolute Gasteiger partial charge is 0.458 e. The van der Waals surface area contributed by atoms with Gasteiger partial charge < -0.3 is 4.74 Å². The van der Waals surface area contributed by atoms with E-state index in [0.29, 0.717) is 35.5 Å². The fourth-order valence-corrected chi connectivity index (χ4v) is 13.5. The van der Waals surface area contributed by atoms with Gasteiger partial charge >= 0.3 is 0 Å². The summed E-state index contributed by atoms with van der Waals surface area (Å²) < 4.78 is 7.24. The van der Waals surface area contributed by atoms with Gasteiger partial charge in [0.2, 0.25) is 0 Å². The summed E-state index contributed by atoms with van der Waals surface area (Å²) in [5.41, 5.74) is 22.8. The molecule has 0 aromatic heterocycles. The van der Waals surface area contributed by atoms with E-state index in [-0.39, 0.29) is 23.0 Å². The summed E-state index contributed by atoms with van der Waals surface area (Å²) in [5, 5.41) is 0. The average molecular weight is 729 g/mol. The van der Waals surface area contributed by atoms with Crippen molar-refractivity contribution in [2.45, 2.75) is 109 Å². The third-order valence-electron chi connectivity index (χ3n) is 15.8. The zero-order chi connectivity index (χ0) is 38.2. The van der Waals surface area contributed by atoms with E-state index in [0.717, 1.165) is 17.9 Å². The van der Waals surface area contributed by atoms with Crippen LogP contribution in [0.15, 0.2) is 114 Å². The van der Waals surface area contributed by atoms with Crippen molar-refractivity contribution >= 4 is 34.2 Å². The van der Waals surface area contributed by atoms with Crippen LogP contribution >= 0.6 is 0 Å². The van der Waals surface area contributed by atoms with E-state index in [2.05, 4.69) is 159 Å². The average Bonchev–Trinajstić information content (AvgIpc) is 3.79. The standard InChI is InChI=1S/C54H53BO/c1-9-33-37-16-13-18-39-38-17-12-15-35(49(38)54(50(37)39)43-19-11-10-14-34(43)29(2)48(33)54)30-24-42-41-28-40(41)36-22-20-31(52(3,4)5)26-44(36)55-45-27-32(53(6,7)8)21-23-46(45)56-47(25-30)51(42)55/h9-10,12-18,20-27,29,38,40-41,48-49H,11,19,28H2,1-8H3/b33-9-. The van der Waals surface area contributed by atoms with E-state index >= 15 is 0 Å². The molecule has 7 atom stereocenters. The molecule has 2 aliphatic heterocycles. The Morgan fingerprint density at radius 2 is 1.57 bits per heavy atom. The Labute approximate surface area is 334 Å². The second-order valence-corrected chi connectivity index (χ2v) is 20.6. The number of allylic oxidation sites excluding steroid dienone is 10. The van der Waals surface area contributed by atoms with Crippen LogP contribution in [0.25, 0.3) is 11.1 Å². The van der Waals surface area contributed by atoms with Crippen molar-refractivity contribution in [3.8, 4) is 11.5 Å². The molecule has 0 saturated heterocycles. The first-order valence-electron chi connectivity index (χ1n) is 21.6. The number of benzene rings is 4. The highest BCUT2D eigenvalue weighted by Crippen LogP contribution is 2.75. The number of rotatable bonds is 1. The molecule has 1 spiro atoms. The van der Waals surface area contributed by atoms with E-state index in [9.17, 15) is 0 Å². The summed E-state index contributed by atoms with van der Waals surface area (Å²) in [7, 11) is 0. The van der Waals surface area contributed by atoms with Crippen LogP contribution in [0.4, 0.5) is 0 Å². The molecule has 278 valence electrons. The molecular weight excluding hydrogens is 675 g/mol. The van der Waals surface area contributed by atoms with Gasteiger partial charge in [-0.15, -0.1) is 0 Å². The molecule has 1 saturated carbocycles. The Hall–Kier alpha value is -4.56. The SMILES string of the molecule is C/C=C1/c2cccc3c2C2(C4=C(C=CCC4)C(C)C12)C1C(c2cc4c5c(c2)C2CC2c2ccc(C(C)(C)C)cc2B5c2cc(C(C)(C)C)ccc2O4)=CC=CC31. The van der Waals surface area contributed by atoms with Crippen molar-refractivity contribution in [2.75, 3.05) is 0 Å². The number of hydrogen-bond donors (Lipinski definition) is 0. The maximum Gasteiger partial charge on any atom is 0.251 e. The first-order chi connectivity index (χ1) is 26.9. The van der Waals surface area contributed by atoms with Gasteiger partial charge in [-0.2, -0.15) is 0 Å². The lowest BCUT2D eigenvalue weighted by Gasteiger charge is -2.43. The molecule has 0 bridgehead atoms. The Balaban J connectivity index is 1.09. The van der Waals surface area contributed by atoms with Gasteiger partial charge in [-0.05, 0) is 139 Å². The number of fused-ring (bicyclic) bond motifs is 9. The summed E-state index contributed by atoms with van der Waals surface area (Å²) in [5.74, 6) is 4.85. The molecule has 4 aromatic rings. The van der Waals surface area contributed by atoms with Crippen LogP contribution < -0.4 is 21.1 Å². The summed E-state index contributed by atoms with van der Waals surface area (Å²) in [6.45, 7) is 19.1. The second-order valence-electron chi connectivity index (χ2n) is 20.6. The molecule has 4 aromatic carbocycles. The van der Waals surface area contributed by atoms with Gasteiger partial charge in [-0.25, -0.2) is 0 Å². The quantitative estimate of drug-likeness (QED) is 0.156. The molecule has 7 unspecified atom stereocenters. The van der Waals surface area contributed by atoms with Crippen molar-refractivity contribution < 1.29 is 4.74 Å². The zero-order valence-corrected chi connectivity index (χ0v) is 34.4. The summed E-state index contributed by atoms with van der Waals surface area (Å²) >= 11 is 0. The van der Waals surface area contributed by atoms with Gasteiger partial charge in [-0.1, -0.05) is 151 Å². The first kappa shape index (κ1) is 33.6. The molecule has 0 radical (unpaired) electrons. The van der Waals surface area contributed by atoms with Gasteiger partial charge in [0.05, 0.1) is 0 Å². The molecule has 2 heteroatoms. The molecule has 2 heterocycles. The van der Waals surface area contributed by atoms with Crippen LogP contribution in [0.2, 0.25) is 0 Å². The van der Waals surface area contributed by atoms with Crippen LogP contribution in [-0.4, -0.2) is 6.71 Å². The van der Waals surface area contributed by atoms with E-state index < -0.39 is 0 Å². The smallest absolute Gasteiger partial charge is 0.251 e. The molecule has 6 aliphatic carbocycles. The summed E-state index contributed by atoms with van der Waals surface area (Å²) in [4.78, 5) is 0. The molecule has 12 rings (SSSR count). The fourth-order valence-electron chi connectivity index (χ4n) is 13.5. The van der Waals surface area contributed by atoms with Crippen LogP contribution in [0.1, 0.15) is 137 Å². The van der Waals surface area contributed by atoms with Crippen LogP contribution in [0, 0.1) is 17.8 Å². The maximum absolute atomic E-state index is 7.24. The van der Waals surface area contributed by atoms with Crippen LogP contribution in [0.3, 0.4) is 0 Å². The topological polar surface area (TPSA) is 9.23 Å². The Morgan fingerprint density at radius 3 is 2.36 bits per heavy atom. The minimum Gasteiger partial charge on any atom is -0.458 e. The van der Waals surface area contributed by atoms with Crippen molar-refractivity contribution in [1.29, 1.82) is 0 Å². The monoisotopic (exact) mass is 728 g/mol. The number of hydrogen-bond acceptors (Lipinski definition) is 1. The van der Waals surface area contributed by atoms with E-state index in [1.54, 1.807) is 33.4 Å². The Bertz CT molecular complexity index is 2630. The first-order valence-corrected chi connectivity index (χ1v) is 21.6. The summed E-state index contributed by atoms with van der Waals surface area (Å²) in [6, 6.07) is 27.0. The van der Waals surface area contributed by atoms with E-state index in [1.165, 1.54) is 62.6 Å². The third kappa shape index (κ3) is 4.09. The maximum atomic E-state index is 7.24. The van der Waals surface area contributed by atoms with E-state index in [4.69, 9.17) is 4.74 Å². The molecule has 56 heavy (non-hydrogen) atoms. The predicted octanol–water partition coefficient (Wildman–Crippen LogP) is 11.4. The van der Waals surface area contributed by atoms with Crippen molar-refractivity contribution in [2.24, 2.45) is 17.8 Å². The minimum absolute atomic E-state index is 0.0143. The third-order valence-corrected chi connectivity index (χ3v) is 15.8. The number of ether oxygens (including phenoxy) is 1. The van der Waals surface area contributed by atoms with Crippen LogP contribution in [-0.2, 0) is 16.2 Å². The van der Waals surface area contributed by atoms with E-state index in [1.807, 2.05) is 0 Å². The van der Waals surface area contributed by atoms with Gasteiger partial charge in [0.15, 0.2) is 0 Å². The minimum atomic E-state index is -0.0143. The van der Waals surface area contributed by atoms with Gasteiger partial charge in [0.1, 0.15) is 11.5 Å². The normalized spacial score (nSPS) is 30.0. The highest BCUT2D eigenvalue weighted by Gasteiger charge is 2.68.